The summed E-state index contributed by atoms with van der Waals surface area (Å²) in [7, 11) is 0. The summed E-state index contributed by atoms with van der Waals surface area (Å²) in [5.74, 6) is -2.65. The van der Waals surface area contributed by atoms with E-state index in [1.807, 2.05) is 30.3 Å². The minimum atomic E-state index is -1.48. The topological polar surface area (TPSA) is 76.0 Å². The lowest BCUT2D eigenvalue weighted by atomic mass is 9.76. The van der Waals surface area contributed by atoms with Crippen LogP contribution in [-0.4, -0.2) is 46.4 Å². The third kappa shape index (κ3) is 1.92. The van der Waals surface area contributed by atoms with Crippen LogP contribution >= 0.6 is 0 Å². The number of benzene rings is 2. The smallest absolute Gasteiger partial charge is 0.241 e. The van der Waals surface area contributed by atoms with Crippen molar-refractivity contribution >= 4 is 23.4 Å². The van der Waals surface area contributed by atoms with Gasteiger partial charge < -0.3 is 4.90 Å². The molecule has 2 amide bonds. The van der Waals surface area contributed by atoms with Crippen molar-refractivity contribution in [3.8, 4) is 0 Å². The number of amides is 2. The monoisotopic (exact) mass is 401 g/mol. The molecule has 30 heavy (non-hydrogen) atoms. The Morgan fingerprint density at radius 2 is 1.50 bits per heavy atom. The van der Waals surface area contributed by atoms with Crippen molar-refractivity contribution in [1.82, 2.24) is 4.90 Å². The average molecular weight is 401 g/mol. The number of quaternary nitrogens is 1. The van der Waals surface area contributed by atoms with E-state index >= 15 is 0 Å². The zero-order chi connectivity index (χ0) is 20.6. The summed E-state index contributed by atoms with van der Waals surface area (Å²) < 4.78 is 0. The molecule has 6 rings (SSSR count). The maximum Gasteiger partial charge on any atom is 0.241 e. The molecule has 0 aromatic heterocycles. The van der Waals surface area contributed by atoms with Crippen molar-refractivity contribution in [3.63, 3.8) is 0 Å². The molecule has 0 bridgehead atoms. The second-order valence-electron chi connectivity index (χ2n) is 8.79. The molecule has 2 aromatic rings. The van der Waals surface area contributed by atoms with Crippen molar-refractivity contribution in [1.29, 1.82) is 0 Å². The Hall–Kier alpha value is -3.12. The summed E-state index contributed by atoms with van der Waals surface area (Å²) >= 11 is 0. The SMILES string of the molecule is O=C1[C@@H]2[C@@H](C(=O)N1Cc1ccccc1)C1(C(=O)c3ccccc3C1=O)[NH+]1CCC[C@@H]21. The van der Waals surface area contributed by atoms with Crippen molar-refractivity contribution in [3.05, 3.63) is 71.3 Å². The summed E-state index contributed by atoms with van der Waals surface area (Å²) in [4.78, 5) is 56.6. The van der Waals surface area contributed by atoms with Crippen LogP contribution in [0.25, 0.3) is 0 Å². The lowest BCUT2D eigenvalue weighted by Crippen LogP contribution is -3.22. The molecule has 3 aliphatic heterocycles. The molecule has 2 aromatic carbocycles. The molecule has 3 heterocycles. The van der Waals surface area contributed by atoms with Gasteiger partial charge in [-0.2, -0.15) is 0 Å². The van der Waals surface area contributed by atoms with Crippen LogP contribution in [0.1, 0.15) is 39.1 Å². The van der Waals surface area contributed by atoms with Gasteiger partial charge in [0, 0.05) is 24.0 Å². The number of carbonyl (C=O) groups is 4. The number of carbonyl (C=O) groups excluding carboxylic acids is 4. The Bertz CT molecular complexity index is 1090. The molecule has 0 radical (unpaired) electrons. The summed E-state index contributed by atoms with van der Waals surface area (Å²) in [6, 6.07) is 16.0. The standard InChI is InChI=1S/C24H20N2O4/c27-20-15-9-4-5-10-16(15)21(28)24(20)19-18(17-11-6-12-26(17)24)22(29)25(23(19)30)13-14-7-2-1-3-8-14/h1-5,7-10,17-19H,6,11-13H2/p+1/t17-,18-,19-/m0/s1. The minimum absolute atomic E-state index is 0.158. The number of nitrogens with zero attached hydrogens (tertiary/aromatic N) is 1. The number of hydrogen-bond acceptors (Lipinski definition) is 4. The van der Waals surface area contributed by atoms with Crippen LogP contribution in [0.2, 0.25) is 0 Å². The second-order valence-corrected chi connectivity index (χ2v) is 8.79. The molecule has 6 nitrogen and oxygen atoms in total. The molecule has 1 N–H and O–H groups in total. The zero-order valence-corrected chi connectivity index (χ0v) is 16.3. The van der Waals surface area contributed by atoms with Gasteiger partial charge in [0.25, 0.3) is 0 Å². The van der Waals surface area contributed by atoms with Gasteiger partial charge in [0.1, 0.15) is 17.9 Å². The predicted octanol–water partition coefficient (Wildman–Crippen LogP) is 0.667. The van der Waals surface area contributed by atoms with E-state index in [1.54, 1.807) is 24.3 Å². The Labute approximate surface area is 173 Å². The van der Waals surface area contributed by atoms with Crippen LogP contribution in [-0.2, 0) is 16.1 Å². The van der Waals surface area contributed by atoms with Crippen LogP contribution in [0.3, 0.4) is 0 Å². The van der Waals surface area contributed by atoms with E-state index in [9.17, 15) is 19.2 Å². The third-order valence-electron chi connectivity index (χ3n) is 7.57. The first-order chi connectivity index (χ1) is 14.6. The lowest BCUT2D eigenvalue weighted by Gasteiger charge is -2.32. The van der Waals surface area contributed by atoms with Gasteiger partial charge in [-0.25, -0.2) is 0 Å². The molecule has 1 spiro atoms. The van der Waals surface area contributed by atoms with E-state index < -0.39 is 17.4 Å². The molecule has 4 atom stereocenters. The van der Waals surface area contributed by atoms with Gasteiger partial charge in [0.15, 0.2) is 0 Å². The molecule has 150 valence electrons. The van der Waals surface area contributed by atoms with E-state index in [4.69, 9.17) is 0 Å². The van der Waals surface area contributed by atoms with E-state index in [2.05, 4.69) is 0 Å². The fourth-order valence-corrected chi connectivity index (χ4v) is 6.47. The van der Waals surface area contributed by atoms with Crippen molar-refractivity contribution in [2.24, 2.45) is 11.8 Å². The first-order valence-electron chi connectivity index (χ1n) is 10.5. The van der Waals surface area contributed by atoms with Gasteiger partial charge in [0.05, 0.1) is 13.1 Å². The quantitative estimate of drug-likeness (QED) is 0.593. The van der Waals surface area contributed by atoms with Crippen LogP contribution < -0.4 is 4.90 Å². The number of fused-ring (bicyclic) bond motifs is 6. The molecule has 3 saturated heterocycles. The maximum atomic E-state index is 13.7. The van der Waals surface area contributed by atoms with Crippen LogP contribution in [0.5, 0.6) is 0 Å². The summed E-state index contributed by atoms with van der Waals surface area (Å²) in [5, 5.41) is 0. The molecule has 0 saturated carbocycles. The van der Waals surface area contributed by atoms with E-state index in [0.29, 0.717) is 17.7 Å². The lowest BCUT2D eigenvalue weighted by molar-refractivity contribution is -0.930. The van der Waals surface area contributed by atoms with Gasteiger partial charge in [-0.1, -0.05) is 54.6 Å². The van der Waals surface area contributed by atoms with Gasteiger partial charge >= 0.3 is 0 Å². The molecular weight excluding hydrogens is 380 g/mol. The highest BCUT2D eigenvalue weighted by molar-refractivity contribution is 6.34. The predicted molar refractivity (Wildman–Crippen MR) is 106 cm³/mol. The largest absolute Gasteiger partial charge is 0.313 e. The number of Topliss-reactive ketones (excluding diaryl/α,β-unsaturated/α-hetero) is 2. The van der Waals surface area contributed by atoms with Crippen molar-refractivity contribution in [2.45, 2.75) is 31.0 Å². The zero-order valence-electron chi connectivity index (χ0n) is 16.3. The highest BCUT2D eigenvalue weighted by atomic mass is 16.2. The van der Waals surface area contributed by atoms with Gasteiger partial charge in [0.2, 0.25) is 28.9 Å². The van der Waals surface area contributed by atoms with E-state index in [-0.39, 0.29) is 36.0 Å². The van der Waals surface area contributed by atoms with Crippen molar-refractivity contribution < 1.29 is 24.1 Å². The summed E-state index contributed by atoms with van der Waals surface area (Å²) in [5.41, 5.74) is 0.163. The number of likely N-dealkylation sites (tertiary alicyclic amines) is 1. The first-order valence-corrected chi connectivity index (χ1v) is 10.5. The summed E-state index contributed by atoms with van der Waals surface area (Å²) in [6.45, 7) is 0.821. The minimum Gasteiger partial charge on any atom is -0.313 e. The molecule has 1 unspecified atom stereocenters. The number of nitrogens with one attached hydrogen (secondary N) is 1. The first kappa shape index (κ1) is 17.7. The number of rotatable bonds is 2. The number of ketones is 2. The van der Waals surface area contributed by atoms with Crippen molar-refractivity contribution in [2.75, 3.05) is 6.54 Å². The van der Waals surface area contributed by atoms with E-state index in [1.165, 1.54) is 4.90 Å². The fourth-order valence-electron chi connectivity index (χ4n) is 6.47. The molecule has 4 aliphatic rings. The normalized spacial score (nSPS) is 30.9. The average Bonchev–Trinajstić information content (AvgIpc) is 3.46. The Morgan fingerprint density at radius 1 is 0.867 bits per heavy atom. The molecule has 3 fully saturated rings. The van der Waals surface area contributed by atoms with Gasteiger partial charge in [-0.3, -0.25) is 24.1 Å². The maximum absolute atomic E-state index is 13.7. The van der Waals surface area contributed by atoms with Crippen LogP contribution in [0.4, 0.5) is 0 Å². The number of imide groups is 1. The second kappa shape index (κ2) is 5.95. The third-order valence-corrected chi connectivity index (χ3v) is 7.57. The Morgan fingerprint density at radius 3 is 2.17 bits per heavy atom. The molecule has 6 heteroatoms. The van der Waals surface area contributed by atoms with Crippen LogP contribution in [0.15, 0.2) is 54.6 Å². The molecule has 1 aliphatic carbocycles. The number of hydrogen-bond donors (Lipinski definition) is 1. The Kier molecular flexibility index (Phi) is 3.51. The van der Waals surface area contributed by atoms with Crippen LogP contribution in [0, 0.1) is 11.8 Å². The fraction of sp³-hybridized carbons (Fsp3) is 0.333. The van der Waals surface area contributed by atoms with E-state index in [0.717, 1.165) is 23.3 Å². The van der Waals surface area contributed by atoms with Gasteiger partial charge in [-0.05, 0) is 5.56 Å². The summed E-state index contributed by atoms with van der Waals surface area (Å²) in [6.07, 6.45) is 1.61. The Balaban J connectivity index is 1.49. The highest BCUT2D eigenvalue weighted by Gasteiger charge is 2.80. The van der Waals surface area contributed by atoms with Gasteiger partial charge in [-0.15, -0.1) is 0 Å². The molecular formula is C24H21N2O4+. The highest BCUT2D eigenvalue weighted by Crippen LogP contribution is 2.48.